The van der Waals surface area contributed by atoms with E-state index in [4.69, 9.17) is 4.74 Å². The van der Waals surface area contributed by atoms with Gasteiger partial charge in [0.25, 0.3) is 0 Å². The summed E-state index contributed by atoms with van der Waals surface area (Å²) in [5.41, 5.74) is 3.79. The van der Waals surface area contributed by atoms with E-state index in [0.717, 1.165) is 62.9 Å². The number of anilines is 2. The van der Waals surface area contributed by atoms with Gasteiger partial charge in [0.05, 0.1) is 29.4 Å². The summed E-state index contributed by atoms with van der Waals surface area (Å²) in [5, 5.41) is 6.21. The molecule has 12 heteroatoms. The van der Waals surface area contributed by atoms with Crippen LogP contribution in [0.25, 0.3) is 11.0 Å². The van der Waals surface area contributed by atoms with Crippen LogP contribution in [0.5, 0.6) is 5.75 Å². The summed E-state index contributed by atoms with van der Waals surface area (Å²) in [7, 11) is 5.63. The number of aromatic nitrogens is 2. The average molecular weight is 720 g/mol. The Balaban J connectivity index is 1.20. The van der Waals surface area contributed by atoms with Crippen molar-refractivity contribution in [2.45, 2.75) is 56.3 Å². The Morgan fingerprint density at radius 1 is 1.02 bits per heavy atom. The maximum Gasteiger partial charge on any atom is 0.416 e. The molecule has 5 aromatic rings. The zero-order chi connectivity index (χ0) is 36.4. The van der Waals surface area contributed by atoms with Gasteiger partial charge in [-0.2, -0.15) is 13.2 Å². The van der Waals surface area contributed by atoms with Crippen molar-refractivity contribution in [2.75, 3.05) is 23.8 Å². The van der Waals surface area contributed by atoms with Gasteiger partial charge in [0.1, 0.15) is 17.4 Å². The van der Waals surface area contributed by atoms with Crippen molar-refractivity contribution in [3.05, 3.63) is 113 Å². The quantitative estimate of drug-likeness (QED) is 0.111. The Hall–Kier alpha value is -4.55. The normalized spacial score (nSPS) is 19.2. The number of ether oxygens (including phenoxy) is 1. The molecule has 0 saturated heterocycles. The van der Waals surface area contributed by atoms with Crippen molar-refractivity contribution in [1.29, 1.82) is 0 Å². The van der Waals surface area contributed by atoms with Gasteiger partial charge >= 0.3 is 6.18 Å². The van der Waals surface area contributed by atoms with E-state index in [-0.39, 0.29) is 23.6 Å². The first-order valence-electron chi connectivity index (χ1n) is 16.8. The highest BCUT2D eigenvalue weighted by Gasteiger charge is 2.40. The molecular formula is C39H41F4N5O2S. The number of rotatable bonds is 10. The van der Waals surface area contributed by atoms with Gasteiger partial charge < -0.3 is 24.2 Å². The summed E-state index contributed by atoms with van der Waals surface area (Å²) in [6.07, 6.45) is -3.43. The number of carbonyl (C=O) groups excluding carboxylic acids is 1. The molecule has 1 aromatic heterocycles. The SMILES string of the molecule is COc1ccc(CN[C@@H]2CC(C(=O)Nc3ccc(C(F)(F)F)cc3F)[C@H](C)C(c3ccc(N(C)Sc4ccc5c(c4)nc(C)n5C)cc3)C2)cc1. The van der Waals surface area contributed by atoms with Crippen LogP contribution in [0.3, 0.4) is 0 Å². The predicted octanol–water partition coefficient (Wildman–Crippen LogP) is 9.12. The van der Waals surface area contributed by atoms with E-state index in [9.17, 15) is 22.4 Å². The van der Waals surface area contributed by atoms with Gasteiger partial charge in [0.15, 0.2) is 0 Å². The van der Waals surface area contributed by atoms with Crippen molar-refractivity contribution in [3.8, 4) is 5.75 Å². The fourth-order valence-corrected chi connectivity index (χ4v) is 7.73. The van der Waals surface area contributed by atoms with Gasteiger partial charge in [-0.3, -0.25) is 4.79 Å². The topological polar surface area (TPSA) is 71.4 Å². The van der Waals surface area contributed by atoms with Crippen LogP contribution in [-0.4, -0.2) is 35.7 Å². The van der Waals surface area contributed by atoms with Crippen LogP contribution in [-0.2, 0) is 24.6 Å². The van der Waals surface area contributed by atoms with E-state index >= 15 is 0 Å². The first kappa shape index (κ1) is 36.2. The van der Waals surface area contributed by atoms with Crippen molar-refractivity contribution in [3.63, 3.8) is 0 Å². The summed E-state index contributed by atoms with van der Waals surface area (Å²) < 4.78 is 63.6. The van der Waals surface area contributed by atoms with Gasteiger partial charge in [-0.15, -0.1) is 0 Å². The number of hydrogen-bond acceptors (Lipinski definition) is 6. The van der Waals surface area contributed by atoms with Crippen LogP contribution in [0.2, 0.25) is 0 Å². The highest BCUT2D eigenvalue weighted by atomic mass is 32.2. The molecule has 1 amide bonds. The molecule has 51 heavy (non-hydrogen) atoms. The minimum absolute atomic E-state index is 0.0119. The zero-order valence-electron chi connectivity index (χ0n) is 29.1. The lowest BCUT2D eigenvalue weighted by Gasteiger charge is -2.40. The molecule has 1 aliphatic rings. The van der Waals surface area contributed by atoms with Crippen LogP contribution >= 0.6 is 11.9 Å². The smallest absolute Gasteiger partial charge is 0.416 e. The molecule has 4 aromatic carbocycles. The Morgan fingerprint density at radius 2 is 1.75 bits per heavy atom. The molecule has 0 aliphatic heterocycles. The fraction of sp³-hybridized carbons (Fsp3) is 0.333. The van der Waals surface area contributed by atoms with Crippen LogP contribution in [0, 0.1) is 24.6 Å². The third-order valence-electron chi connectivity index (χ3n) is 9.99. The molecule has 268 valence electrons. The van der Waals surface area contributed by atoms with E-state index < -0.39 is 29.4 Å². The molecule has 0 bridgehead atoms. The van der Waals surface area contributed by atoms with Gasteiger partial charge in [0.2, 0.25) is 5.91 Å². The molecule has 1 fully saturated rings. The molecule has 0 radical (unpaired) electrons. The number of alkyl halides is 3. The van der Waals surface area contributed by atoms with E-state index in [1.54, 1.807) is 19.1 Å². The lowest BCUT2D eigenvalue weighted by atomic mass is 9.68. The van der Waals surface area contributed by atoms with Crippen molar-refractivity contribution >= 4 is 40.3 Å². The molecule has 6 rings (SSSR count). The van der Waals surface area contributed by atoms with Crippen LogP contribution < -0.4 is 19.7 Å². The second kappa shape index (κ2) is 15.0. The predicted molar refractivity (Wildman–Crippen MR) is 194 cm³/mol. The molecule has 2 unspecified atom stereocenters. The second-order valence-corrected chi connectivity index (χ2v) is 14.4. The summed E-state index contributed by atoms with van der Waals surface area (Å²) in [6, 6.07) is 24.4. The number of halogens is 4. The Morgan fingerprint density at radius 3 is 2.41 bits per heavy atom. The largest absolute Gasteiger partial charge is 0.497 e. The number of nitrogens with zero attached hydrogens (tertiary/aromatic N) is 3. The highest BCUT2D eigenvalue weighted by molar-refractivity contribution is 8.00. The lowest BCUT2D eigenvalue weighted by molar-refractivity contribution is -0.137. The molecule has 7 nitrogen and oxygen atoms in total. The van der Waals surface area contributed by atoms with Gasteiger partial charge in [0, 0.05) is 43.2 Å². The van der Waals surface area contributed by atoms with E-state index in [1.807, 2.05) is 52.2 Å². The van der Waals surface area contributed by atoms with Crippen LogP contribution in [0.15, 0.2) is 89.8 Å². The maximum absolute atomic E-state index is 14.8. The summed E-state index contributed by atoms with van der Waals surface area (Å²) in [6.45, 7) is 4.58. The lowest BCUT2D eigenvalue weighted by Crippen LogP contribution is -2.44. The van der Waals surface area contributed by atoms with Crippen molar-refractivity contribution < 1.29 is 27.1 Å². The number of benzene rings is 4. The third kappa shape index (κ3) is 8.18. The summed E-state index contributed by atoms with van der Waals surface area (Å²) in [4.78, 5) is 19.5. The number of methoxy groups -OCH3 is 1. The Bertz CT molecular complexity index is 2000. The number of fused-ring (bicyclic) bond motifs is 1. The zero-order valence-corrected chi connectivity index (χ0v) is 29.9. The van der Waals surface area contributed by atoms with E-state index in [0.29, 0.717) is 19.0 Å². The molecule has 2 N–H and O–H groups in total. The number of imidazole rings is 1. The molecule has 1 aliphatic carbocycles. The van der Waals surface area contributed by atoms with Crippen molar-refractivity contribution in [1.82, 2.24) is 14.9 Å². The molecule has 0 spiro atoms. The third-order valence-corrected chi connectivity index (χ3v) is 10.9. The number of hydrogen-bond donors (Lipinski definition) is 2. The molecular weight excluding hydrogens is 679 g/mol. The van der Waals surface area contributed by atoms with Gasteiger partial charge in [-0.25, -0.2) is 9.37 Å². The van der Waals surface area contributed by atoms with Gasteiger partial charge in [-0.05, 0) is 115 Å². The standard InChI is InChI=1S/C39H41F4N5O2S/c1-23-32(26-8-11-29(12-9-26)48(4)51-31-15-17-37-36(21-31)45-24(2)47(37)3)19-28(44-22-25-6-13-30(50-5)14-7-25)20-33(23)38(49)46-35-16-10-27(18-34(35)40)39(41,42)43/h6-18,21,23,28,32-33,44H,19-20,22H2,1-5H3,(H,46,49)/t23-,28+,32?,33?/m1/s1. The van der Waals surface area contributed by atoms with Crippen molar-refractivity contribution in [2.24, 2.45) is 18.9 Å². The molecule has 1 heterocycles. The number of nitrogens with one attached hydrogen (secondary N) is 2. The van der Waals surface area contributed by atoms with E-state index in [1.165, 1.54) is 0 Å². The first-order valence-corrected chi connectivity index (χ1v) is 17.6. The number of aryl methyl sites for hydroxylation is 2. The first-order chi connectivity index (χ1) is 24.3. The maximum atomic E-state index is 14.8. The minimum atomic E-state index is -4.69. The Labute approximate surface area is 299 Å². The minimum Gasteiger partial charge on any atom is -0.497 e. The highest BCUT2D eigenvalue weighted by Crippen LogP contribution is 2.43. The van der Waals surface area contributed by atoms with Crippen LogP contribution in [0.1, 0.15) is 48.2 Å². The van der Waals surface area contributed by atoms with Crippen LogP contribution in [0.4, 0.5) is 28.9 Å². The average Bonchev–Trinajstić information content (AvgIpc) is 3.40. The molecule has 4 atom stereocenters. The second-order valence-electron chi connectivity index (χ2n) is 13.2. The Kier molecular flexibility index (Phi) is 10.6. The summed E-state index contributed by atoms with van der Waals surface area (Å²) in [5.74, 6) is -0.501. The monoisotopic (exact) mass is 719 g/mol. The number of carbonyl (C=O) groups is 1. The van der Waals surface area contributed by atoms with Gasteiger partial charge in [-0.1, -0.05) is 31.2 Å². The fourth-order valence-electron chi connectivity index (χ4n) is 6.89. The van der Waals surface area contributed by atoms with E-state index in [2.05, 4.69) is 67.0 Å². The number of amides is 1. The molecule has 1 saturated carbocycles. The summed E-state index contributed by atoms with van der Waals surface area (Å²) >= 11 is 1.60.